The summed E-state index contributed by atoms with van der Waals surface area (Å²) < 4.78 is 26.8. The van der Waals surface area contributed by atoms with Gasteiger partial charge in [-0.15, -0.1) is 0 Å². The first-order valence-corrected chi connectivity index (χ1v) is 8.19. The molecular weight excluding hydrogens is 260 g/mol. The highest BCUT2D eigenvalue weighted by Gasteiger charge is 2.28. The van der Waals surface area contributed by atoms with E-state index in [0.29, 0.717) is 30.4 Å². The Morgan fingerprint density at radius 1 is 1.42 bits per heavy atom. The second kappa shape index (κ2) is 5.61. The van der Waals surface area contributed by atoms with Crippen LogP contribution in [0.2, 0.25) is 0 Å². The van der Waals surface area contributed by atoms with E-state index in [-0.39, 0.29) is 0 Å². The van der Waals surface area contributed by atoms with E-state index in [4.69, 9.17) is 5.73 Å². The Hall–Kier alpha value is -0.910. The van der Waals surface area contributed by atoms with Crippen molar-refractivity contribution in [3.63, 3.8) is 0 Å². The van der Waals surface area contributed by atoms with E-state index < -0.39 is 10.0 Å². The first kappa shape index (κ1) is 14.5. The summed E-state index contributed by atoms with van der Waals surface area (Å²) in [5.74, 6) is 0.433. The standard InChI is InChI=1S/C14H22N2O2S/c1-11-4-3-7-16(10-11)19(17,18)14-6-5-12(2)13(8-14)9-15/h5-6,8,11H,3-4,7,9-10,15H2,1-2H3. The van der Waals surface area contributed by atoms with Gasteiger partial charge in [0.1, 0.15) is 0 Å². The molecule has 1 fully saturated rings. The summed E-state index contributed by atoms with van der Waals surface area (Å²) in [6.07, 6.45) is 2.05. The fourth-order valence-corrected chi connectivity index (χ4v) is 4.19. The number of hydrogen-bond donors (Lipinski definition) is 1. The van der Waals surface area contributed by atoms with Crippen LogP contribution in [0.4, 0.5) is 0 Å². The molecule has 1 aromatic rings. The van der Waals surface area contributed by atoms with Crippen molar-refractivity contribution in [1.82, 2.24) is 4.31 Å². The molecule has 5 heteroatoms. The molecule has 0 spiro atoms. The van der Waals surface area contributed by atoms with Gasteiger partial charge in [0.25, 0.3) is 0 Å². The predicted molar refractivity (Wildman–Crippen MR) is 76.2 cm³/mol. The van der Waals surface area contributed by atoms with E-state index >= 15 is 0 Å². The maximum atomic E-state index is 12.6. The molecule has 19 heavy (non-hydrogen) atoms. The third-order valence-corrected chi connectivity index (χ3v) is 5.66. The van der Waals surface area contributed by atoms with Crippen LogP contribution >= 0.6 is 0 Å². The molecule has 1 aliphatic rings. The van der Waals surface area contributed by atoms with Gasteiger partial charge in [-0.05, 0) is 48.9 Å². The van der Waals surface area contributed by atoms with Crippen molar-refractivity contribution >= 4 is 10.0 Å². The van der Waals surface area contributed by atoms with Crippen molar-refractivity contribution < 1.29 is 8.42 Å². The molecule has 1 atom stereocenters. The zero-order valence-corrected chi connectivity index (χ0v) is 12.4. The number of nitrogens with two attached hydrogens (primary N) is 1. The molecule has 1 saturated heterocycles. The number of nitrogens with zero attached hydrogens (tertiary/aromatic N) is 1. The second-order valence-corrected chi connectivity index (χ2v) is 7.34. The van der Waals surface area contributed by atoms with E-state index in [1.165, 1.54) is 0 Å². The Morgan fingerprint density at radius 3 is 2.79 bits per heavy atom. The number of rotatable bonds is 3. The van der Waals surface area contributed by atoms with Gasteiger partial charge in [-0.2, -0.15) is 4.31 Å². The SMILES string of the molecule is Cc1ccc(S(=O)(=O)N2CCCC(C)C2)cc1CN. The second-order valence-electron chi connectivity index (χ2n) is 5.40. The van der Waals surface area contributed by atoms with Gasteiger partial charge in [-0.1, -0.05) is 13.0 Å². The molecule has 0 saturated carbocycles. The molecule has 2 N–H and O–H groups in total. The Bertz CT molecular complexity index is 555. The molecule has 1 unspecified atom stereocenters. The zero-order valence-electron chi connectivity index (χ0n) is 11.6. The topological polar surface area (TPSA) is 63.4 Å². The van der Waals surface area contributed by atoms with E-state index in [1.807, 2.05) is 13.0 Å². The molecule has 4 nitrogen and oxygen atoms in total. The molecular formula is C14H22N2O2S. The van der Waals surface area contributed by atoms with Gasteiger partial charge in [0.05, 0.1) is 4.90 Å². The Morgan fingerprint density at radius 2 is 2.16 bits per heavy atom. The molecule has 2 rings (SSSR count). The van der Waals surface area contributed by atoms with Gasteiger partial charge < -0.3 is 5.73 Å². The van der Waals surface area contributed by atoms with E-state index in [9.17, 15) is 8.42 Å². The molecule has 106 valence electrons. The quantitative estimate of drug-likeness (QED) is 0.920. The largest absolute Gasteiger partial charge is 0.326 e. The van der Waals surface area contributed by atoms with Crippen molar-refractivity contribution in [3.05, 3.63) is 29.3 Å². The Kier molecular flexibility index (Phi) is 4.28. The van der Waals surface area contributed by atoms with Crippen molar-refractivity contribution in [2.24, 2.45) is 11.7 Å². The Labute approximate surface area is 115 Å². The van der Waals surface area contributed by atoms with Gasteiger partial charge >= 0.3 is 0 Å². The van der Waals surface area contributed by atoms with Crippen LogP contribution in [0.25, 0.3) is 0 Å². The third-order valence-electron chi connectivity index (χ3n) is 3.80. The number of piperidine rings is 1. The van der Waals surface area contributed by atoms with Gasteiger partial charge in [0.15, 0.2) is 0 Å². The summed E-state index contributed by atoms with van der Waals surface area (Å²) in [7, 11) is -3.37. The van der Waals surface area contributed by atoms with E-state index in [1.54, 1.807) is 16.4 Å². The number of sulfonamides is 1. The molecule has 1 aromatic carbocycles. The van der Waals surface area contributed by atoms with Crippen LogP contribution in [0.3, 0.4) is 0 Å². The van der Waals surface area contributed by atoms with Gasteiger partial charge in [0.2, 0.25) is 10.0 Å². The molecule has 0 bridgehead atoms. The minimum atomic E-state index is -3.37. The first-order valence-electron chi connectivity index (χ1n) is 6.75. The lowest BCUT2D eigenvalue weighted by atomic mass is 10.0. The normalized spacial score (nSPS) is 21.5. The summed E-state index contributed by atoms with van der Waals surface area (Å²) in [6, 6.07) is 5.23. The lowest BCUT2D eigenvalue weighted by Gasteiger charge is -2.30. The van der Waals surface area contributed by atoms with E-state index in [0.717, 1.165) is 24.0 Å². The maximum absolute atomic E-state index is 12.6. The molecule has 0 aliphatic carbocycles. The lowest BCUT2D eigenvalue weighted by Crippen LogP contribution is -2.39. The molecule has 0 radical (unpaired) electrons. The smallest absolute Gasteiger partial charge is 0.243 e. The van der Waals surface area contributed by atoms with Crippen molar-refractivity contribution in [2.45, 2.75) is 38.1 Å². The third kappa shape index (κ3) is 2.99. The van der Waals surface area contributed by atoms with Crippen LogP contribution in [-0.4, -0.2) is 25.8 Å². The molecule has 1 heterocycles. The zero-order chi connectivity index (χ0) is 14.0. The average Bonchev–Trinajstić information content (AvgIpc) is 2.39. The molecule has 1 aliphatic heterocycles. The minimum absolute atomic E-state index is 0.367. The predicted octanol–water partition coefficient (Wildman–Crippen LogP) is 1.87. The number of benzene rings is 1. The summed E-state index contributed by atoms with van der Waals surface area (Å²) in [6.45, 7) is 5.65. The highest BCUT2D eigenvalue weighted by Crippen LogP contribution is 2.24. The number of aryl methyl sites for hydroxylation is 1. The highest BCUT2D eigenvalue weighted by atomic mass is 32.2. The summed E-state index contributed by atoms with van der Waals surface area (Å²) in [5.41, 5.74) is 7.59. The fraction of sp³-hybridized carbons (Fsp3) is 0.571. The summed E-state index contributed by atoms with van der Waals surface area (Å²) in [4.78, 5) is 0.368. The van der Waals surface area contributed by atoms with Crippen LogP contribution in [0, 0.1) is 12.8 Å². The maximum Gasteiger partial charge on any atom is 0.243 e. The van der Waals surface area contributed by atoms with Gasteiger partial charge in [-0.25, -0.2) is 8.42 Å². The van der Waals surface area contributed by atoms with E-state index in [2.05, 4.69) is 6.92 Å². The monoisotopic (exact) mass is 282 g/mol. The lowest BCUT2D eigenvalue weighted by molar-refractivity contribution is 0.281. The van der Waals surface area contributed by atoms with Crippen molar-refractivity contribution in [3.8, 4) is 0 Å². The first-order chi connectivity index (χ1) is 8.95. The fourth-order valence-electron chi connectivity index (χ4n) is 2.54. The van der Waals surface area contributed by atoms with Gasteiger partial charge in [0, 0.05) is 19.6 Å². The summed E-state index contributed by atoms with van der Waals surface area (Å²) >= 11 is 0. The highest BCUT2D eigenvalue weighted by molar-refractivity contribution is 7.89. The van der Waals surface area contributed by atoms with Crippen molar-refractivity contribution in [1.29, 1.82) is 0 Å². The van der Waals surface area contributed by atoms with Crippen LogP contribution in [-0.2, 0) is 16.6 Å². The number of hydrogen-bond acceptors (Lipinski definition) is 3. The van der Waals surface area contributed by atoms with Crippen LogP contribution in [0.15, 0.2) is 23.1 Å². The van der Waals surface area contributed by atoms with Crippen LogP contribution in [0.1, 0.15) is 30.9 Å². The van der Waals surface area contributed by atoms with Gasteiger partial charge in [-0.3, -0.25) is 0 Å². The van der Waals surface area contributed by atoms with Crippen LogP contribution in [0.5, 0.6) is 0 Å². The molecule has 0 aromatic heterocycles. The summed E-state index contributed by atoms with van der Waals surface area (Å²) in [5, 5.41) is 0. The van der Waals surface area contributed by atoms with Crippen LogP contribution < -0.4 is 5.73 Å². The van der Waals surface area contributed by atoms with Crippen molar-refractivity contribution in [2.75, 3.05) is 13.1 Å². The average molecular weight is 282 g/mol. The molecule has 0 amide bonds. The Balaban J connectivity index is 2.33. The minimum Gasteiger partial charge on any atom is -0.326 e.